The van der Waals surface area contributed by atoms with Gasteiger partial charge in [-0.15, -0.1) is 11.3 Å². The van der Waals surface area contributed by atoms with Gasteiger partial charge in [0.15, 0.2) is 0 Å². The Kier molecular flexibility index (Phi) is 5.17. The molecule has 2 N–H and O–H groups in total. The second kappa shape index (κ2) is 6.89. The van der Waals surface area contributed by atoms with Crippen LogP contribution in [0.4, 0.5) is 0 Å². The Morgan fingerprint density at radius 3 is 2.86 bits per heavy atom. The summed E-state index contributed by atoms with van der Waals surface area (Å²) < 4.78 is 0. The Hall–Kier alpha value is -1.62. The molecule has 1 aliphatic rings. The van der Waals surface area contributed by atoms with Crippen molar-refractivity contribution in [3.8, 4) is 0 Å². The van der Waals surface area contributed by atoms with E-state index in [0.29, 0.717) is 17.4 Å². The standard InChI is InChI=1S/C16H21NO3S/c1-10-4-3-5-14(11(10)2)17-16(20)12-8-13(21-9-12)6-7-15(18)19/h6-11,14H,3-5H2,1-2H3,(H,17,20)(H,18,19). The zero-order valence-electron chi connectivity index (χ0n) is 12.3. The van der Waals surface area contributed by atoms with Crippen LogP contribution in [0.25, 0.3) is 6.08 Å². The van der Waals surface area contributed by atoms with Gasteiger partial charge in [0, 0.05) is 22.4 Å². The molecule has 1 fully saturated rings. The van der Waals surface area contributed by atoms with Crippen molar-refractivity contribution >= 4 is 29.3 Å². The Labute approximate surface area is 128 Å². The second-order valence-corrected chi connectivity index (χ2v) is 6.70. The summed E-state index contributed by atoms with van der Waals surface area (Å²) in [5.74, 6) is 0.0832. The van der Waals surface area contributed by atoms with Gasteiger partial charge in [-0.25, -0.2) is 4.79 Å². The average molecular weight is 307 g/mol. The number of carbonyl (C=O) groups is 2. The first-order valence-corrected chi connectivity index (χ1v) is 8.15. The number of carboxylic acid groups (broad SMARTS) is 1. The molecular weight excluding hydrogens is 286 g/mol. The largest absolute Gasteiger partial charge is 0.478 e. The summed E-state index contributed by atoms with van der Waals surface area (Å²) in [7, 11) is 0. The van der Waals surface area contributed by atoms with Crippen molar-refractivity contribution in [1.82, 2.24) is 5.32 Å². The van der Waals surface area contributed by atoms with Crippen LogP contribution < -0.4 is 5.32 Å². The van der Waals surface area contributed by atoms with Crippen LogP contribution in [0.1, 0.15) is 48.3 Å². The molecule has 3 atom stereocenters. The molecule has 0 radical (unpaired) electrons. The summed E-state index contributed by atoms with van der Waals surface area (Å²) in [6.07, 6.45) is 6.02. The fourth-order valence-electron chi connectivity index (χ4n) is 2.75. The number of aliphatic carboxylic acids is 1. The summed E-state index contributed by atoms with van der Waals surface area (Å²) in [6, 6.07) is 1.97. The first kappa shape index (κ1) is 15.8. The fourth-order valence-corrected chi connectivity index (χ4v) is 3.53. The van der Waals surface area contributed by atoms with Crippen LogP contribution in [0.3, 0.4) is 0 Å². The average Bonchev–Trinajstić information content (AvgIpc) is 2.90. The van der Waals surface area contributed by atoms with Crippen molar-refractivity contribution in [3.63, 3.8) is 0 Å². The van der Waals surface area contributed by atoms with Gasteiger partial charge < -0.3 is 10.4 Å². The molecule has 0 saturated heterocycles. The molecule has 1 aromatic rings. The van der Waals surface area contributed by atoms with E-state index in [1.165, 1.54) is 23.8 Å². The first-order valence-electron chi connectivity index (χ1n) is 7.27. The van der Waals surface area contributed by atoms with Gasteiger partial charge in [0.25, 0.3) is 5.91 Å². The summed E-state index contributed by atoms with van der Waals surface area (Å²) in [4.78, 5) is 23.5. The van der Waals surface area contributed by atoms with Crippen LogP contribution in [0, 0.1) is 11.8 Å². The third-order valence-electron chi connectivity index (χ3n) is 4.30. The van der Waals surface area contributed by atoms with Crippen molar-refractivity contribution in [2.45, 2.75) is 39.2 Å². The summed E-state index contributed by atoms with van der Waals surface area (Å²) in [6.45, 7) is 4.44. The highest BCUT2D eigenvalue weighted by Crippen LogP contribution is 2.29. The maximum atomic E-state index is 12.3. The fraction of sp³-hybridized carbons (Fsp3) is 0.500. The number of rotatable bonds is 4. The molecular formula is C16H21NO3S. The lowest BCUT2D eigenvalue weighted by Gasteiger charge is -2.34. The predicted octanol–water partition coefficient (Wildman–Crippen LogP) is 3.40. The molecule has 114 valence electrons. The van der Waals surface area contributed by atoms with Gasteiger partial charge >= 0.3 is 5.97 Å². The Bertz CT molecular complexity index is 549. The molecule has 0 spiro atoms. The number of carboxylic acids is 1. The summed E-state index contributed by atoms with van der Waals surface area (Å²) >= 11 is 1.37. The van der Waals surface area contributed by atoms with Crippen molar-refractivity contribution < 1.29 is 14.7 Å². The van der Waals surface area contributed by atoms with E-state index in [1.807, 2.05) is 0 Å². The molecule has 0 aromatic carbocycles. The highest BCUT2D eigenvalue weighted by Gasteiger charge is 2.28. The lowest BCUT2D eigenvalue weighted by Crippen LogP contribution is -2.43. The van der Waals surface area contributed by atoms with Crippen LogP contribution in [0.5, 0.6) is 0 Å². The van der Waals surface area contributed by atoms with E-state index in [9.17, 15) is 9.59 Å². The van der Waals surface area contributed by atoms with Crippen molar-refractivity contribution in [3.05, 3.63) is 28.0 Å². The number of hydrogen-bond acceptors (Lipinski definition) is 3. The van der Waals surface area contributed by atoms with E-state index in [1.54, 1.807) is 11.4 Å². The minimum Gasteiger partial charge on any atom is -0.478 e. The summed E-state index contributed by atoms with van der Waals surface area (Å²) in [5.41, 5.74) is 0.607. The van der Waals surface area contributed by atoms with E-state index in [2.05, 4.69) is 19.2 Å². The van der Waals surface area contributed by atoms with Gasteiger partial charge in [-0.2, -0.15) is 0 Å². The van der Waals surface area contributed by atoms with Crippen LogP contribution in [0.2, 0.25) is 0 Å². The minimum atomic E-state index is -0.987. The van der Waals surface area contributed by atoms with Crippen LogP contribution >= 0.6 is 11.3 Å². The molecule has 5 heteroatoms. The van der Waals surface area contributed by atoms with Gasteiger partial charge in [0.05, 0.1) is 5.56 Å². The third-order valence-corrected chi connectivity index (χ3v) is 5.19. The third kappa shape index (κ3) is 4.17. The molecule has 1 saturated carbocycles. The Morgan fingerprint density at radius 1 is 1.38 bits per heavy atom. The number of amides is 1. The van der Waals surface area contributed by atoms with Gasteiger partial charge in [-0.05, 0) is 30.4 Å². The van der Waals surface area contributed by atoms with E-state index in [0.717, 1.165) is 23.8 Å². The van der Waals surface area contributed by atoms with Crippen LogP contribution in [-0.2, 0) is 4.79 Å². The van der Waals surface area contributed by atoms with Crippen molar-refractivity contribution in [1.29, 1.82) is 0 Å². The molecule has 0 bridgehead atoms. The Morgan fingerprint density at radius 2 is 2.14 bits per heavy atom. The van der Waals surface area contributed by atoms with Crippen molar-refractivity contribution in [2.75, 3.05) is 0 Å². The first-order chi connectivity index (χ1) is 9.97. The molecule has 2 rings (SSSR count). The molecule has 1 aromatic heterocycles. The maximum absolute atomic E-state index is 12.3. The lowest BCUT2D eigenvalue weighted by atomic mass is 9.78. The number of thiophene rings is 1. The van der Waals surface area contributed by atoms with E-state index < -0.39 is 5.97 Å². The quantitative estimate of drug-likeness (QED) is 0.838. The molecule has 1 amide bonds. The number of nitrogens with one attached hydrogen (secondary N) is 1. The zero-order valence-corrected chi connectivity index (χ0v) is 13.2. The molecule has 4 nitrogen and oxygen atoms in total. The van der Waals surface area contributed by atoms with Crippen LogP contribution in [0.15, 0.2) is 17.5 Å². The highest BCUT2D eigenvalue weighted by atomic mass is 32.1. The van der Waals surface area contributed by atoms with Crippen LogP contribution in [-0.4, -0.2) is 23.0 Å². The van der Waals surface area contributed by atoms with E-state index in [4.69, 9.17) is 5.11 Å². The van der Waals surface area contributed by atoms with Gasteiger partial charge in [-0.1, -0.05) is 26.7 Å². The number of hydrogen-bond donors (Lipinski definition) is 2. The molecule has 21 heavy (non-hydrogen) atoms. The minimum absolute atomic E-state index is 0.0628. The predicted molar refractivity (Wildman–Crippen MR) is 84.4 cm³/mol. The lowest BCUT2D eigenvalue weighted by molar-refractivity contribution is -0.131. The highest BCUT2D eigenvalue weighted by molar-refractivity contribution is 7.11. The molecule has 0 aliphatic heterocycles. The van der Waals surface area contributed by atoms with Gasteiger partial charge in [-0.3, -0.25) is 4.79 Å². The van der Waals surface area contributed by atoms with E-state index >= 15 is 0 Å². The normalized spacial score (nSPS) is 25.9. The second-order valence-electron chi connectivity index (χ2n) is 5.76. The zero-order chi connectivity index (χ0) is 15.4. The topological polar surface area (TPSA) is 66.4 Å². The van der Waals surface area contributed by atoms with Gasteiger partial charge in [0.1, 0.15) is 0 Å². The smallest absolute Gasteiger partial charge is 0.328 e. The SMILES string of the molecule is CC1CCCC(NC(=O)c2csc(C=CC(=O)O)c2)C1C. The molecule has 3 unspecified atom stereocenters. The maximum Gasteiger partial charge on any atom is 0.328 e. The molecule has 1 heterocycles. The van der Waals surface area contributed by atoms with E-state index in [-0.39, 0.29) is 11.9 Å². The number of carbonyl (C=O) groups excluding carboxylic acids is 1. The van der Waals surface area contributed by atoms with Gasteiger partial charge in [0.2, 0.25) is 0 Å². The monoisotopic (exact) mass is 307 g/mol. The summed E-state index contributed by atoms with van der Waals surface area (Å²) in [5, 5.41) is 13.5. The van der Waals surface area contributed by atoms with Crippen molar-refractivity contribution in [2.24, 2.45) is 11.8 Å². The Balaban J connectivity index is 1.99. The molecule has 1 aliphatic carbocycles.